The number of hydrogen-bond acceptors (Lipinski definition) is 7. The van der Waals surface area contributed by atoms with Gasteiger partial charge in [0.2, 0.25) is 0 Å². The van der Waals surface area contributed by atoms with Crippen LogP contribution in [0, 0.1) is 0 Å². The summed E-state index contributed by atoms with van der Waals surface area (Å²) in [5.41, 5.74) is 5.21. The molecule has 2 aliphatic rings. The van der Waals surface area contributed by atoms with Gasteiger partial charge in [-0.3, -0.25) is 0 Å². The van der Waals surface area contributed by atoms with Gasteiger partial charge in [0.1, 0.15) is 23.8 Å². The van der Waals surface area contributed by atoms with E-state index in [0.29, 0.717) is 17.8 Å². The van der Waals surface area contributed by atoms with Crippen molar-refractivity contribution in [3.63, 3.8) is 0 Å². The third kappa shape index (κ3) is 5.11. The van der Waals surface area contributed by atoms with Gasteiger partial charge in [0.05, 0.1) is 0 Å². The van der Waals surface area contributed by atoms with Crippen LogP contribution in [-0.2, 0) is 0 Å². The first kappa shape index (κ1) is 18.5. The van der Waals surface area contributed by atoms with Crippen molar-refractivity contribution in [3.05, 3.63) is 36.7 Å². The van der Waals surface area contributed by atoms with E-state index in [-0.39, 0.29) is 0 Å². The molecule has 2 aromatic rings. The molecule has 0 spiro atoms. The fourth-order valence-corrected chi connectivity index (χ4v) is 3.60. The summed E-state index contributed by atoms with van der Waals surface area (Å²) >= 11 is 0. The van der Waals surface area contributed by atoms with E-state index in [1.807, 2.05) is 13.2 Å². The van der Waals surface area contributed by atoms with Crippen LogP contribution in [0.15, 0.2) is 30.9 Å². The molecular weight excluding hydrogens is 326 g/mol. The van der Waals surface area contributed by atoms with Gasteiger partial charge in [0.25, 0.3) is 0 Å². The second kappa shape index (κ2) is 9.43. The largest absolute Gasteiger partial charge is 0.384 e. The van der Waals surface area contributed by atoms with E-state index in [2.05, 4.69) is 31.2 Å². The van der Waals surface area contributed by atoms with Gasteiger partial charge in [-0.25, -0.2) is 19.9 Å². The molecule has 26 heavy (non-hydrogen) atoms. The van der Waals surface area contributed by atoms with Crippen LogP contribution in [0.25, 0.3) is 0 Å². The van der Waals surface area contributed by atoms with E-state index >= 15 is 0 Å². The van der Waals surface area contributed by atoms with Crippen LogP contribution in [0.1, 0.15) is 50.3 Å². The summed E-state index contributed by atoms with van der Waals surface area (Å²) in [5.74, 6) is 3.30. The van der Waals surface area contributed by atoms with Crippen LogP contribution in [0.4, 0.5) is 11.6 Å². The number of rotatable bonds is 3. The first-order valence-corrected chi connectivity index (χ1v) is 9.53. The first-order chi connectivity index (χ1) is 12.8. The van der Waals surface area contributed by atoms with E-state index in [9.17, 15) is 0 Å². The van der Waals surface area contributed by atoms with Gasteiger partial charge in [0, 0.05) is 37.4 Å². The molecule has 3 heterocycles. The van der Waals surface area contributed by atoms with E-state index in [1.165, 1.54) is 44.9 Å². The number of nitrogen functional groups attached to an aromatic ring is 1. The Morgan fingerprint density at radius 2 is 1.92 bits per heavy atom. The molecule has 0 amide bonds. The molecule has 1 aliphatic heterocycles. The molecule has 0 unspecified atom stereocenters. The average Bonchev–Trinajstić information content (AvgIpc) is 3.19. The van der Waals surface area contributed by atoms with Crippen molar-refractivity contribution >= 4 is 11.6 Å². The average molecular weight is 355 g/mol. The highest BCUT2D eigenvalue weighted by molar-refractivity contribution is 5.39. The molecule has 1 atom stereocenters. The normalized spacial score (nSPS) is 20.5. The Balaban J connectivity index is 0.000000236. The SMILES string of the molecule is CN[C@@H]1CCN(c2ccnc(C3CCCCC3)n2)C1.Nc1ccncn1. The van der Waals surface area contributed by atoms with Crippen LogP contribution in [-0.4, -0.2) is 46.1 Å². The quantitative estimate of drug-likeness (QED) is 0.873. The second-order valence-electron chi connectivity index (χ2n) is 6.96. The molecule has 1 aliphatic carbocycles. The van der Waals surface area contributed by atoms with Gasteiger partial charge in [-0.1, -0.05) is 19.3 Å². The van der Waals surface area contributed by atoms with Crippen LogP contribution in [0.3, 0.4) is 0 Å². The van der Waals surface area contributed by atoms with Crippen molar-refractivity contribution < 1.29 is 0 Å². The summed E-state index contributed by atoms with van der Waals surface area (Å²) in [7, 11) is 2.04. The molecule has 140 valence electrons. The smallest absolute Gasteiger partial charge is 0.133 e. The summed E-state index contributed by atoms with van der Waals surface area (Å²) in [6.07, 6.45) is 12.8. The molecule has 7 heteroatoms. The summed E-state index contributed by atoms with van der Waals surface area (Å²) in [5, 5.41) is 3.36. The molecule has 0 aromatic carbocycles. The molecule has 1 saturated carbocycles. The minimum absolute atomic E-state index is 0.509. The minimum atomic E-state index is 0.509. The minimum Gasteiger partial charge on any atom is -0.384 e. The van der Waals surface area contributed by atoms with Crippen LogP contribution in [0.5, 0.6) is 0 Å². The van der Waals surface area contributed by atoms with E-state index < -0.39 is 0 Å². The lowest BCUT2D eigenvalue weighted by atomic mass is 9.89. The van der Waals surface area contributed by atoms with Gasteiger partial charge < -0.3 is 16.0 Å². The Morgan fingerprint density at radius 1 is 1.08 bits per heavy atom. The maximum Gasteiger partial charge on any atom is 0.133 e. The first-order valence-electron chi connectivity index (χ1n) is 9.53. The molecule has 4 rings (SSSR count). The van der Waals surface area contributed by atoms with Crippen LogP contribution in [0.2, 0.25) is 0 Å². The highest BCUT2D eigenvalue weighted by atomic mass is 15.2. The molecule has 2 fully saturated rings. The molecule has 1 saturated heterocycles. The summed E-state index contributed by atoms with van der Waals surface area (Å²) in [6.45, 7) is 2.17. The fourth-order valence-electron chi connectivity index (χ4n) is 3.60. The predicted octanol–water partition coefficient (Wildman–Crippen LogP) is 2.38. The van der Waals surface area contributed by atoms with Crippen molar-refractivity contribution in [1.29, 1.82) is 0 Å². The van der Waals surface area contributed by atoms with Gasteiger partial charge >= 0.3 is 0 Å². The number of hydrogen-bond donors (Lipinski definition) is 2. The molecule has 7 nitrogen and oxygen atoms in total. The molecule has 2 aromatic heterocycles. The lowest BCUT2D eigenvalue weighted by molar-refractivity contribution is 0.428. The van der Waals surface area contributed by atoms with Gasteiger partial charge in [-0.15, -0.1) is 0 Å². The third-order valence-electron chi connectivity index (χ3n) is 5.16. The number of nitrogens with two attached hydrogens (primary N) is 1. The van der Waals surface area contributed by atoms with Crippen LogP contribution >= 0.6 is 0 Å². The molecule has 0 bridgehead atoms. The van der Waals surface area contributed by atoms with Gasteiger partial charge in [-0.05, 0) is 38.4 Å². The zero-order valence-electron chi connectivity index (χ0n) is 15.5. The Labute approximate surface area is 155 Å². The van der Waals surface area contributed by atoms with E-state index in [1.54, 1.807) is 12.3 Å². The lowest BCUT2D eigenvalue weighted by Crippen LogP contribution is -2.30. The summed E-state index contributed by atoms with van der Waals surface area (Å²) < 4.78 is 0. The Hall–Kier alpha value is -2.28. The highest BCUT2D eigenvalue weighted by Crippen LogP contribution is 2.31. The standard InChI is InChI=1S/C15H24N4.C4H5N3/c1-16-13-8-10-19(11-13)14-7-9-17-15(18-14)12-5-3-2-4-6-12;5-4-1-2-6-3-7-4/h7,9,12-13,16H,2-6,8,10-11H2,1H3;1-3H,(H2,5,6,7)/t13-;/m1./s1. The molecule has 0 radical (unpaired) electrons. The number of nitrogens with one attached hydrogen (secondary N) is 1. The van der Waals surface area contributed by atoms with Crippen molar-refractivity contribution in [3.8, 4) is 0 Å². The maximum absolute atomic E-state index is 5.21. The number of anilines is 2. The number of nitrogens with zero attached hydrogens (tertiary/aromatic N) is 5. The zero-order valence-corrected chi connectivity index (χ0v) is 15.5. The van der Waals surface area contributed by atoms with E-state index in [0.717, 1.165) is 24.7 Å². The number of aromatic nitrogens is 4. The molecular formula is C19H29N7. The van der Waals surface area contributed by atoms with Crippen molar-refractivity contribution in [2.24, 2.45) is 0 Å². The van der Waals surface area contributed by atoms with Crippen molar-refractivity contribution in [2.75, 3.05) is 30.8 Å². The molecule has 3 N–H and O–H groups in total. The van der Waals surface area contributed by atoms with Crippen LogP contribution < -0.4 is 16.0 Å². The topological polar surface area (TPSA) is 92.8 Å². The van der Waals surface area contributed by atoms with Gasteiger partial charge in [-0.2, -0.15) is 0 Å². The van der Waals surface area contributed by atoms with Crippen molar-refractivity contribution in [1.82, 2.24) is 25.3 Å². The van der Waals surface area contributed by atoms with E-state index in [4.69, 9.17) is 10.7 Å². The Bertz CT molecular complexity index is 658. The van der Waals surface area contributed by atoms with Crippen molar-refractivity contribution in [2.45, 2.75) is 50.5 Å². The highest BCUT2D eigenvalue weighted by Gasteiger charge is 2.24. The predicted molar refractivity (Wildman–Crippen MR) is 104 cm³/mol. The monoisotopic (exact) mass is 355 g/mol. The maximum atomic E-state index is 5.21. The zero-order chi connectivity index (χ0) is 18.2. The number of likely N-dealkylation sites (N-methyl/N-ethyl adjacent to an activating group) is 1. The third-order valence-corrected chi connectivity index (χ3v) is 5.16. The Morgan fingerprint density at radius 3 is 2.54 bits per heavy atom. The van der Waals surface area contributed by atoms with Gasteiger partial charge in [0.15, 0.2) is 0 Å². The summed E-state index contributed by atoms with van der Waals surface area (Å²) in [4.78, 5) is 19.0. The summed E-state index contributed by atoms with van der Waals surface area (Å²) in [6, 6.07) is 4.30. The fraction of sp³-hybridized carbons (Fsp3) is 0.579. The lowest BCUT2D eigenvalue weighted by Gasteiger charge is -2.22. The Kier molecular flexibility index (Phi) is 6.71. The second-order valence-corrected chi connectivity index (χ2v) is 6.96.